The van der Waals surface area contributed by atoms with Gasteiger partial charge in [-0.2, -0.15) is 0 Å². The number of nitrogens with zero attached hydrogens (tertiary/aromatic N) is 1. The third-order valence-corrected chi connectivity index (χ3v) is 7.77. The van der Waals surface area contributed by atoms with Crippen molar-refractivity contribution in [3.63, 3.8) is 0 Å². The number of carbonyl (C=O) groups excluding carboxylic acids is 1. The molecule has 0 aliphatic carbocycles. The lowest BCUT2D eigenvalue weighted by molar-refractivity contribution is -0.126. The summed E-state index contributed by atoms with van der Waals surface area (Å²) in [5, 5.41) is 3.57. The van der Waals surface area contributed by atoms with Gasteiger partial charge in [0.2, 0.25) is 15.9 Å². The van der Waals surface area contributed by atoms with Crippen LogP contribution in [-0.4, -0.2) is 31.7 Å². The SMILES string of the molecule is C[C@@H](NC(=O)[C@H]1CCCN(S(=O)(=O)Cc2ccc(Cl)c(Cl)c2)C1)c1ccc(F)cc1. The minimum absolute atomic E-state index is 0.131. The van der Waals surface area contributed by atoms with Gasteiger partial charge in [-0.1, -0.05) is 41.4 Å². The molecule has 0 saturated carbocycles. The summed E-state index contributed by atoms with van der Waals surface area (Å²) in [7, 11) is -3.61. The van der Waals surface area contributed by atoms with E-state index >= 15 is 0 Å². The first kappa shape index (κ1) is 23.0. The van der Waals surface area contributed by atoms with Crippen molar-refractivity contribution in [2.24, 2.45) is 5.92 Å². The van der Waals surface area contributed by atoms with Crippen LogP contribution in [0.1, 0.15) is 36.9 Å². The van der Waals surface area contributed by atoms with E-state index < -0.39 is 15.9 Å². The van der Waals surface area contributed by atoms with Crippen molar-refractivity contribution in [3.05, 3.63) is 69.5 Å². The van der Waals surface area contributed by atoms with Gasteiger partial charge in [0, 0.05) is 13.1 Å². The van der Waals surface area contributed by atoms with Crippen LogP contribution in [0.15, 0.2) is 42.5 Å². The van der Waals surface area contributed by atoms with Gasteiger partial charge in [-0.15, -0.1) is 0 Å². The summed E-state index contributed by atoms with van der Waals surface area (Å²) < 4.78 is 40.2. The second-order valence-corrected chi connectivity index (χ2v) is 10.3. The molecule has 1 aliphatic rings. The van der Waals surface area contributed by atoms with E-state index in [1.54, 1.807) is 30.3 Å². The Balaban J connectivity index is 1.64. The average Bonchev–Trinajstić information content (AvgIpc) is 2.71. The summed E-state index contributed by atoms with van der Waals surface area (Å²) in [4.78, 5) is 12.7. The van der Waals surface area contributed by atoms with Gasteiger partial charge in [-0.25, -0.2) is 17.1 Å². The van der Waals surface area contributed by atoms with Crippen molar-refractivity contribution in [1.29, 1.82) is 0 Å². The normalized spacial score (nSPS) is 18.7. The lowest BCUT2D eigenvalue weighted by atomic mass is 9.98. The van der Waals surface area contributed by atoms with Crippen LogP contribution in [0.5, 0.6) is 0 Å². The minimum atomic E-state index is -3.61. The molecule has 2 aromatic carbocycles. The molecule has 0 spiro atoms. The van der Waals surface area contributed by atoms with Gasteiger partial charge in [-0.05, 0) is 55.2 Å². The predicted molar refractivity (Wildman–Crippen MR) is 116 cm³/mol. The maximum absolute atomic E-state index is 13.1. The van der Waals surface area contributed by atoms with Gasteiger partial charge in [0.05, 0.1) is 27.8 Å². The first-order chi connectivity index (χ1) is 14.2. The quantitative estimate of drug-likeness (QED) is 0.670. The number of hydrogen-bond donors (Lipinski definition) is 1. The molecule has 5 nitrogen and oxygen atoms in total. The molecule has 1 heterocycles. The Morgan fingerprint density at radius 2 is 1.90 bits per heavy atom. The molecule has 1 aliphatic heterocycles. The van der Waals surface area contributed by atoms with Crippen LogP contribution in [0.4, 0.5) is 4.39 Å². The van der Waals surface area contributed by atoms with Gasteiger partial charge < -0.3 is 5.32 Å². The zero-order valence-corrected chi connectivity index (χ0v) is 18.8. The number of halogens is 3. The van der Waals surface area contributed by atoms with Crippen LogP contribution in [0.2, 0.25) is 10.0 Å². The first-order valence-corrected chi connectivity index (χ1v) is 12.0. The number of benzene rings is 2. The molecule has 30 heavy (non-hydrogen) atoms. The highest BCUT2D eigenvalue weighted by atomic mass is 35.5. The van der Waals surface area contributed by atoms with Gasteiger partial charge in [0.1, 0.15) is 5.82 Å². The van der Waals surface area contributed by atoms with Crippen molar-refractivity contribution >= 4 is 39.1 Å². The van der Waals surface area contributed by atoms with Gasteiger partial charge >= 0.3 is 0 Å². The first-order valence-electron chi connectivity index (χ1n) is 9.63. The minimum Gasteiger partial charge on any atom is -0.349 e. The zero-order chi connectivity index (χ0) is 21.9. The molecule has 3 rings (SSSR count). The van der Waals surface area contributed by atoms with E-state index in [2.05, 4.69) is 5.32 Å². The third kappa shape index (κ3) is 5.72. The second-order valence-electron chi connectivity index (χ2n) is 7.48. The van der Waals surface area contributed by atoms with Crippen molar-refractivity contribution in [1.82, 2.24) is 9.62 Å². The summed E-state index contributed by atoms with van der Waals surface area (Å²) in [6.07, 6.45) is 1.21. The highest BCUT2D eigenvalue weighted by molar-refractivity contribution is 7.88. The van der Waals surface area contributed by atoms with E-state index in [1.165, 1.54) is 16.4 Å². The number of piperidine rings is 1. The standard InChI is InChI=1S/C21H23Cl2FN2O3S/c1-14(16-5-7-18(24)8-6-16)25-21(27)17-3-2-10-26(12-17)30(28,29)13-15-4-9-19(22)20(23)11-15/h4-9,11,14,17H,2-3,10,12-13H2,1H3,(H,25,27)/t14-,17+/m1/s1. The Morgan fingerprint density at radius 3 is 2.57 bits per heavy atom. The van der Waals surface area contributed by atoms with Crippen molar-refractivity contribution < 1.29 is 17.6 Å². The molecule has 0 unspecified atom stereocenters. The van der Waals surface area contributed by atoms with Gasteiger partial charge in [0.25, 0.3) is 0 Å². The van der Waals surface area contributed by atoms with E-state index in [1.807, 2.05) is 6.92 Å². The highest BCUT2D eigenvalue weighted by Gasteiger charge is 2.33. The molecule has 1 amide bonds. The summed E-state index contributed by atoms with van der Waals surface area (Å²) in [6, 6.07) is 10.4. The molecular weight excluding hydrogens is 450 g/mol. The maximum Gasteiger partial charge on any atom is 0.224 e. The Labute approximate surface area is 186 Å². The predicted octanol–water partition coefficient (Wildman–Crippen LogP) is 4.55. The molecule has 162 valence electrons. The molecule has 1 fully saturated rings. The topological polar surface area (TPSA) is 66.5 Å². The highest BCUT2D eigenvalue weighted by Crippen LogP contribution is 2.26. The lowest BCUT2D eigenvalue weighted by Crippen LogP contribution is -2.46. The van der Waals surface area contributed by atoms with Gasteiger partial charge in [-0.3, -0.25) is 4.79 Å². The molecule has 0 radical (unpaired) electrons. The number of sulfonamides is 1. The Hall–Kier alpha value is -1.67. The van der Waals surface area contributed by atoms with E-state index in [0.29, 0.717) is 35.0 Å². The number of rotatable bonds is 6. The molecule has 1 N–H and O–H groups in total. The molecule has 2 atom stereocenters. The van der Waals surface area contributed by atoms with Crippen LogP contribution in [0, 0.1) is 11.7 Å². The largest absolute Gasteiger partial charge is 0.349 e. The van der Waals surface area contributed by atoms with E-state index in [-0.39, 0.29) is 30.1 Å². The molecule has 0 aromatic heterocycles. The number of nitrogens with one attached hydrogen (secondary N) is 1. The van der Waals surface area contributed by atoms with E-state index in [0.717, 1.165) is 5.56 Å². The molecule has 1 saturated heterocycles. The maximum atomic E-state index is 13.1. The number of carbonyl (C=O) groups is 1. The smallest absolute Gasteiger partial charge is 0.224 e. The summed E-state index contributed by atoms with van der Waals surface area (Å²) in [6.45, 7) is 2.32. The van der Waals surface area contributed by atoms with Crippen LogP contribution in [-0.2, 0) is 20.6 Å². The van der Waals surface area contributed by atoms with Crippen LogP contribution >= 0.6 is 23.2 Å². The Morgan fingerprint density at radius 1 is 1.20 bits per heavy atom. The number of hydrogen-bond acceptors (Lipinski definition) is 3. The Kier molecular flexibility index (Phi) is 7.39. The summed E-state index contributed by atoms with van der Waals surface area (Å²) in [5.41, 5.74) is 1.32. The van der Waals surface area contributed by atoms with Crippen molar-refractivity contribution in [2.45, 2.75) is 31.6 Å². The Bertz CT molecular complexity index is 1020. The molecular formula is C21H23Cl2FN2O3S. The fourth-order valence-electron chi connectivity index (χ4n) is 3.51. The fraction of sp³-hybridized carbons (Fsp3) is 0.381. The fourth-order valence-corrected chi connectivity index (χ4v) is 5.42. The molecule has 0 bridgehead atoms. The van der Waals surface area contributed by atoms with E-state index in [9.17, 15) is 17.6 Å². The van der Waals surface area contributed by atoms with Crippen molar-refractivity contribution in [3.8, 4) is 0 Å². The zero-order valence-electron chi connectivity index (χ0n) is 16.4. The van der Waals surface area contributed by atoms with Crippen LogP contribution < -0.4 is 5.32 Å². The van der Waals surface area contributed by atoms with Crippen molar-refractivity contribution in [2.75, 3.05) is 13.1 Å². The summed E-state index contributed by atoms with van der Waals surface area (Å²) >= 11 is 11.9. The third-order valence-electron chi connectivity index (χ3n) is 5.21. The second kappa shape index (κ2) is 9.64. The van der Waals surface area contributed by atoms with Crippen LogP contribution in [0.3, 0.4) is 0 Å². The lowest BCUT2D eigenvalue weighted by Gasteiger charge is -2.32. The van der Waals surface area contributed by atoms with Gasteiger partial charge in [0.15, 0.2) is 0 Å². The van der Waals surface area contributed by atoms with E-state index in [4.69, 9.17) is 23.2 Å². The summed E-state index contributed by atoms with van der Waals surface area (Å²) in [5.74, 6) is -1.19. The van der Waals surface area contributed by atoms with Crippen LogP contribution in [0.25, 0.3) is 0 Å². The monoisotopic (exact) mass is 472 g/mol. The molecule has 2 aromatic rings. The number of amides is 1. The average molecular weight is 473 g/mol. The molecule has 9 heteroatoms.